The summed E-state index contributed by atoms with van der Waals surface area (Å²) in [5.74, 6) is 0.505. The first-order chi connectivity index (χ1) is 6.77. The van der Waals surface area contributed by atoms with E-state index in [1.54, 1.807) is 6.07 Å². The van der Waals surface area contributed by atoms with Crippen molar-refractivity contribution in [2.24, 2.45) is 0 Å². The van der Waals surface area contributed by atoms with Crippen molar-refractivity contribution >= 4 is 11.5 Å². The number of nitrogen functional groups attached to an aromatic ring is 2. The minimum absolute atomic E-state index is 0.505. The molecule has 1 aromatic carbocycles. The molecule has 0 radical (unpaired) electrons. The number of benzene rings is 1. The lowest BCUT2D eigenvalue weighted by atomic mass is 10.1. The van der Waals surface area contributed by atoms with Crippen molar-refractivity contribution in [3.05, 3.63) is 42.5 Å². The Balaban J connectivity index is 2.55. The first kappa shape index (κ1) is 8.56. The van der Waals surface area contributed by atoms with Crippen molar-refractivity contribution in [1.82, 2.24) is 4.98 Å². The maximum atomic E-state index is 5.82. The van der Waals surface area contributed by atoms with Crippen LogP contribution in [0.2, 0.25) is 0 Å². The summed E-state index contributed by atoms with van der Waals surface area (Å²) >= 11 is 0. The van der Waals surface area contributed by atoms with Crippen molar-refractivity contribution in [3.8, 4) is 11.3 Å². The van der Waals surface area contributed by atoms with E-state index in [-0.39, 0.29) is 0 Å². The fraction of sp³-hybridized carbons (Fsp3) is 0. The summed E-state index contributed by atoms with van der Waals surface area (Å²) in [6.07, 6.45) is 0. The monoisotopic (exact) mass is 185 g/mol. The van der Waals surface area contributed by atoms with Crippen molar-refractivity contribution in [2.45, 2.75) is 0 Å². The van der Waals surface area contributed by atoms with Crippen LogP contribution in [-0.2, 0) is 0 Å². The Kier molecular flexibility index (Phi) is 2.07. The first-order valence-electron chi connectivity index (χ1n) is 4.35. The highest BCUT2D eigenvalue weighted by atomic mass is 14.8. The Bertz CT molecular complexity index is 452. The molecule has 70 valence electrons. The maximum Gasteiger partial charge on any atom is 0.124 e. The Hall–Kier alpha value is -2.03. The zero-order chi connectivity index (χ0) is 9.97. The summed E-state index contributed by atoms with van der Waals surface area (Å²) in [6.45, 7) is 0. The number of anilines is 2. The Labute approximate surface area is 82.4 Å². The zero-order valence-corrected chi connectivity index (χ0v) is 7.64. The molecular formula is C11H11N3. The van der Waals surface area contributed by atoms with E-state index in [0.717, 1.165) is 11.3 Å². The van der Waals surface area contributed by atoms with Crippen molar-refractivity contribution in [3.63, 3.8) is 0 Å². The van der Waals surface area contributed by atoms with Crippen molar-refractivity contribution in [2.75, 3.05) is 11.5 Å². The summed E-state index contributed by atoms with van der Waals surface area (Å²) < 4.78 is 0. The maximum absolute atomic E-state index is 5.82. The van der Waals surface area contributed by atoms with Crippen LogP contribution in [0.4, 0.5) is 11.5 Å². The number of aromatic nitrogens is 1. The van der Waals surface area contributed by atoms with Gasteiger partial charge in [0, 0.05) is 11.3 Å². The SMILES string of the molecule is Nc1cccc(-c2ccccc2N)n1. The average molecular weight is 185 g/mol. The van der Waals surface area contributed by atoms with Crippen LogP contribution in [0.15, 0.2) is 42.5 Å². The summed E-state index contributed by atoms with van der Waals surface area (Å²) in [5.41, 5.74) is 13.9. The third-order valence-electron chi connectivity index (χ3n) is 2.01. The molecule has 3 nitrogen and oxygen atoms in total. The molecular weight excluding hydrogens is 174 g/mol. The van der Waals surface area contributed by atoms with E-state index in [9.17, 15) is 0 Å². The third-order valence-corrected chi connectivity index (χ3v) is 2.01. The van der Waals surface area contributed by atoms with Gasteiger partial charge in [-0.05, 0) is 18.2 Å². The summed E-state index contributed by atoms with van der Waals surface area (Å²) in [6, 6.07) is 13.1. The van der Waals surface area contributed by atoms with E-state index in [4.69, 9.17) is 11.5 Å². The Morgan fingerprint density at radius 1 is 0.857 bits per heavy atom. The molecule has 1 aromatic heterocycles. The van der Waals surface area contributed by atoms with Gasteiger partial charge in [-0.25, -0.2) is 4.98 Å². The quantitative estimate of drug-likeness (QED) is 0.667. The first-order valence-corrected chi connectivity index (χ1v) is 4.35. The lowest BCUT2D eigenvalue weighted by molar-refractivity contribution is 1.33. The van der Waals surface area contributed by atoms with Gasteiger partial charge in [0.25, 0.3) is 0 Å². The standard InChI is InChI=1S/C11H11N3/c12-9-5-2-1-4-8(9)10-6-3-7-11(13)14-10/h1-7H,12H2,(H2,13,14). The molecule has 0 saturated carbocycles. The molecule has 0 bridgehead atoms. The molecule has 0 spiro atoms. The molecule has 0 amide bonds. The third kappa shape index (κ3) is 1.52. The topological polar surface area (TPSA) is 64.9 Å². The molecule has 0 saturated heterocycles. The van der Waals surface area contributed by atoms with E-state index >= 15 is 0 Å². The number of para-hydroxylation sites is 1. The van der Waals surface area contributed by atoms with Crippen LogP contribution in [-0.4, -0.2) is 4.98 Å². The average Bonchev–Trinajstić information content (AvgIpc) is 2.18. The Morgan fingerprint density at radius 2 is 1.64 bits per heavy atom. The normalized spacial score (nSPS) is 10.0. The highest BCUT2D eigenvalue weighted by Crippen LogP contribution is 2.23. The van der Waals surface area contributed by atoms with E-state index in [0.29, 0.717) is 11.5 Å². The summed E-state index contributed by atoms with van der Waals surface area (Å²) in [4.78, 5) is 4.20. The highest BCUT2D eigenvalue weighted by Gasteiger charge is 2.02. The van der Waals surface area contributed by atoms with Crippen molar-refractivity contribution < 1.29 is 0 Å². The lowest BCUT2D eigenvalue weighted by Crippen LogP contribution is -1.94. The fourth-order valence-electron chi connectivity index (χ4n) is 1.33. The van der Waals surface area contributed by atoms with Gasteiger partial charge in [0.2, 0.25) is 0 Å². The van der Waals surface area contributed by atoms with Gasteiger partial charge in [0.1, 0.15) is 5.82 Å². The number of nitrogens with two attached hydrogens (primary N) is 2. The second-order valence-corrected chi connectivity index (χ2v) is 3.03. The molecule has 2 rings (SSSR count). The summed E-state index contributed by atoms with van der Waals surface area (Å²) in [5, 5.41) is 0. The van der Waals surface area contributed by atoms with Gasteiger partial charge in [0.15, 0.2) is 0 Å². The van der Waals surface area contributed by atoms with E-state index in [1.807, 2.05) is 36.4 Å². The van der Waals surface area contributed by atoms with Gasteiger partial charge in [-0.3, -0.25) is 0 Å². The number of pyridine rings is 1. The van der Waals surface area contributed by atoms with E-state index in [2.05, 4.69) is 4.98 Å². The largest absolute Gasteiger partial charge is 0.398 e. The lowest BCUT2D eigenvalue weighted by Gasteiger charge is -2.04. The molecule has 4 N–H and O–H groups in total. The Morgan fingerprint density at radius 3 is 2.36 bits per heavy atom. The van der Waals surface area contributed by atoms with Gasteiger partial charge in [-0.15, -0.1) is 0 Å². The molecule has 0 aliphatic rings. The highest BCUT2D eigenvalue weighted by molar-refractivity contribution is 5.74. The molecule has 0 unspecified atom stereocenters. The summed E-state index contributed by atoms with van der Waals surface area (Å²) in [7, 11) is 0. The van der Waals surface area contributed by atoms with Crippen LogP contribution in [0.5, 0.6) is 0 Å². The van der Waals surface area contributed by atoms with E-state index in [1.165, 1.54) is 0 Å². The van der Waals surface area contributed by atoms with Gasteiger partial charge >= 0.3 is 0 Å². The van der Waals surface area contributed by atoms with Crippen LogP contribution in [0.3, 0.4) is 0 Å². The fourth-order valence-corrected chi connectivity index (χ4v) is 1.33. The number of nitrogens with zero attached hydrogens (tertiary/aromatic N) is 1. The number of hydrogen-bond donors (Lipinski definition) is 2. The van der Waals surface area contributed by atoms with Gasteiger partial charge in [-0.2, -0.15) is 0 Å². The second kappa shape index (κ2) is 3.38. The van der Waals surface area contributed by atoms with Crippen LogP contribution in [0.1, 0.15) is 0 Å². The van der Waals surface area contributed by atoms with Crippen LogP contribution in [0, 0.1) is 0 Å². The predicted molar refractivity (Wildman–Crippen MR) is 58.5 cm³/mol. The molecule has 0 atom stereocenters. The zero-order valence-electron chi connectivity index (χ0n) is 7.64. The van der Waals surface area contributed by atoms with Gasteiger partial charge < -0.3 is 11.5 Å². The second-order valence-electron chi connectivity index (χ2n) is 3.03. The smallest absolute Gasteiger partial charge is 0.124 e. The van der Waals surface area contributed by atoms with E-state index < -0.39 is 0 Å². The van der Waals surface area contributed by atoms with Crippen molar-refractivity contribution in [1.29, 1.82) is 0 Å². The minimum Gasteiger partial charge on any atom is -0.398 e. The van der Waals surface area contributed by atoms with Gasteiger partial charge in [0.05, 0.1) is 5.69 Å². The number of hydrogen-bond acceptors (Lipinski definition) is 3. The predicted octanol–water partition coefficient (Wildman–Crippen LogP) is 1.91. The molecule has 0 aliphatic carbocycles. The van der Waals surface area contributed by atoms with Crippen LogP contribution < -0.4 is 11.5 Å². The molecule has 0 aliphatic heterocycles. The number of rotatable bonds is 1. The van der Waals surface area contributed by atoms with Crippen LogP contribution >= 0.6 is 0 Å². The molecule has 1 heterocycles. The minimum atomic E-state index is 0.505. The van der Waals surface area contributed by atoms with Crippen LogP contribution in [0.25, 0.3) is 11.3 Å². The molecule has 14 heavy (non-hydrogen) atoms. The molecule has 2 aromatic rings. The molecule has 3 heteroatoms. The van der Waals surface area contributed by atoms with Gasteiger partial charge in [-0.1, -0.05) is 24.3 Å². The molecule has 0 fully saturated rings.